The van der Waals surface area contributed by atoms with Gasteiger partial charge < -0.3 is 5.11 Å². The molecule has 0 radical (unpaired) electrons. The van der Waals surface area contributed by atoms with Crippen LogP contribution in [0.1, 0.15) is 30.9 Å². The second-order valence-electron chi connectivity index (χ2n) is 5.59. The molecule has 0 spiro atoms. The molecular formula is C15H21ClFNO3S. The first-order chi connectivity index (χ1) is 10.4. The van der Waals surface area contributed by atoms with Gasteiger partial charge in [-0.3, -0.25) is 4.39 Å². The van der Waals surface area contributed by atoms with Gasteiger partial charge in [-0.05, 0) is 42.9 Å². The zero-order chi connectivity index (χ0) is 16.2. The molecule has 0 aliphatic carbocycles. The molecule has 7 heteroatoms. The number of hydrogen-bond acceptors (Lipinski definition) is 3. The fourth-order valence-electron chi connectivity index (χ4n) is 2.77. The van der Waals surface area contributed by atoms with E-state index in [2.05, 4.69) is 0 Å². The van der Waals surface area contributed by atoms with E-state index in [1.807, 2.05) is 0 Å². The van der Waals surface area contributed by atoms with E-state index in [4.69, 9.17) is 11.6 Å². The number of aliphatic hydroxyl groups is 1. The highest BCUT2D eigenvalue weighted by atomic mass is 35.5. The molecule has 0 aromatic heterocycles. The van der Waals surface area contributed by atoms with Crippen LogP contribution in [0.3, 0.4) is 0 Å². The molecule has 1 unspecified atom stereocenters. The molecule has 1 aromatic carbocycles. The molecule has 124 valence electrons. The van der Waals surface area contributed by atoms with E-state index in [1.165, 1.54) is 4.31 Å². The maximum Gasteiger partial charge on any atom is 0.214 e. The molecule has 4 nitrogen and oxygen atoms in total. The average Bonchev–Trinajstić information content (AvgIpc) is 2.53. The van der Waals surface area contributed by atoms with Crippen LogP contribution in [-0.4, -0.2) is 43.3 Å². The van der Waals surface area contributed by atoms with Crippen LogP contribution in [0.4, 0.5) is 4.39 Å². The van der Waals surface area contributed by atoms with Gasteiger partial charge in [0, 0.05) is 18.1 Å². The minimum Gasteiger partial charge on any atom is -0.388 e. The first kappa shape index (κ1) is 17.7. The van der Waals surface area contributed by atoms with Crippen molar-refractivity contribution in [1.82, 2.24) is 4.31 Å². The Balaban J connectivity index is 1.93. The number of benzene rings is 1. The Morgan fingerprint density at radius 2 is 1.86 bits per heavy atom. The molecule has 2 rings (SSSR count). The van der Waals surface area contributed by atoms with E-state index in [9.17, 15) is 17.9 Å². The van der Waals surface area contributed by atoms with Crippen LogP contribution in [0.15, 0.2) is 24.3 Å². The van der Waals surface area contributed by atoms with Crippen molar-refractivity contribution in [2.75, 3.05) is 25.5 Å². The van der Waals surface area contributed by atoms with Crippen molar-refractivity contribution in [2.45, 2.75) is 25.4 Å². The van der Waals surface area contributed by atoms with Gasteiger partial charge in [-0.1, -0.05) is 23.7 Å². The number of halogens is 2. The average molecular weight is 350 g/mol. The van der Waals surface area contributed by atoms with E-state index in [-0.39, 0.29) is 18.1 Å². The fourth-order valence-corrected chi connectivity index (χ4v) is 4.39. The lowest BCUT2D eigenvalue weighted by atomic mass is 9.88. The van der Waals surface area contributed by atoms with Crippen molar-refractivity contribution in [1.29, 1.82) is 0 Å². The maximum atomic E-state index is 12.1. The molecule has 0 bridgehead atoms. The van der Waals surface area contributed by atoms with E-state index in [1.54, 1.807) is 24.3 Å². The standard InChI is InChI=1S/C15H21ClFNO3S/c16-14-4-2-12(3-5-14)15(19)13-6-9-18(10-7-13)22(20,21)11-1-8-17/h2-5,13,15,19H,1,6-11H2. The van der Waals surface area contributed by atoms with Gasteiger partial charge in [-0.25, -0.2) is 12.7 Å². The van der Waals surface area contributed by atoms with Crippen LogP contribution in [0.5, 0.6) is 0 Å². The highest BCUT2D eigenvalue weighted by Gasteiger charge is 2.31. The predicted molar refractivity (Wildman–Crippen MR) is 85.1 cm³/mol. The van der Waals surface area contributed by atoms with Gasteiger partial charge in [0.05, 0.1) is 18.5 Å². The summed E-state index contributed by atoms with van der Waals surface area (Å²) in [6.07, 6.45) is 0.611. The van der Waals surface area contributed by atoms with Gasteiger partial charge in [0.25, 0.3) is 0 Å². The van der Waals surface area contributed by atoms with Crippen LogP contribution in [-0.2, 0) is 10.0 Å². The Labute approximate surface area is 135 Å². The Bertz CT molecular complexity index is 571. The fraction of sp³-hybridized carbons (Fsp3) is 0.600. The van der Waals surface area contributed by atoms with Crippen LogP contribution < -0.4 is 0 Å². The molecule has 0 saturated carbocycles. The zero-order valence-electron chi connectivity index (χ0n) is 12.3. The highest BCUT2D eigenvalue weighted by molar-refractivity contribution is 7.89. The van der Waals surface area contributed by atoms with Crippen LogP contribution in [0.2, 0.25) is 5.02 Å². The van der Waals surface area contributed by atoms with E-state index < -0.39 is 22.8 Å². The van der Waals surface area contributed by atoms with Crippen molar-refractivity contribution in [3.63, 3.8) is 0 Å². The zero-order valence-corrected chi connectivity index (χ0v) is 13.9. The van der Waals surface area contributed by atoms with Gasteiger partial charge in [-0.2, -0.15) is 0 Å². The Hall–Kier alpha value is -0.690. The number of piperidine rings is 1. The Morgan fingerprint density at radius 1 is 1.27 bits per heavy atom. The van der Waals surface area contributed by atoms with Crippen molar-refractivity contribution in [3.8, 4) is 0 Å². The number of nitrogens with zero attached hydrogens (tertiary/aromatic N) is 1. The third-order valence-corrected chi connectivity index (χ3v) is 6.29. The van der Waals surface area contributed by atoms with Gasteiger partial charge in [0.2, 0.25) is 10.0 Å². The molecule has 1 aromatic rings. The van der Waals surface area contributed by atoms with Gasteiger partial charge >= 0.3 is 0 Å². The van der Waals surface area contributed by atoms with Gasteiger partial charge in [0.15, 0.2) is 0 Å². The molecule has 1 aliphatic rings. The van der Waals surface area contributed by atoms with E-state index in [0.717, 1.165) is 5.56 Å². The van der Waals surface area contributed by atoms with E-state index in [0.29, 0.717) is 31.0 Å². The molecule has 1 N–H and O–H groups in total. The summed E-state index contributed by atoms with van der Waals surface area (Å²) in [6, 6.07) is 7.04. The Kier molecular flexibility index (Phi) is 6.20. The molecule has 1 heterocycles. The summed E-state index contributed by atoms with van der Waals surface area (Å²) in [7, 11) is -3.37. The summed E-state index contributed by atoms with van der Waals surface area (Å²) in [5.41, 5.74) is 0.795. The molecule has 1 fully saturated rings. The van der Waals surface area contributed by atoms with Gasteiger partial charge in [0.1, 0.15) is 0 Å². The minimum absolute atomic E-state index is 0.0220. The summed E-state index contributed by atoms with van der Waals surface area (Å²) in [5, 5.41) is 11.0. The van der Waals surface area contributed by atoms with Crippen molar-refractivity contribution < 1.29 is 17.9 Å². The summed E-state index contributed by atoms with van der Waals surface area (Å²) in [5.74, 6) is -0.123. The number of alkyl halides is 1. The summed E-state index contributed by atoms with van der Waals surface area (Å²) >= 11 is 5.83. The van der Waals surface area contributed by atoms with Crippen LogP contribution in [0, 0.1) is 5.92 Å². The molecular weight excluding hydrogens is 329 g/mol. The third kappa shape index (κ3) is 4.41. The monoisotopic (exact) mass is 349 g/mol. The van der Waals surface area contributed by atoms with Crippen LogP contribution >= 0.6 is 11.6 Å². The number of hydrogen-bond donors (Lipinski definition) is 1. The van der Waals surface area contributed by atoms with Crippen molar-refractivity contribution in [3.05, 3.63) is 34.9 Å². The topological polar surface area (TPSA) is 57.6 Å². The maximum absolute atomic E-state index is 12.1. The first-order valence-electron chi connectivity index (χ1n) is 7.41. The quantitative estimate of drug-likeness (QED) is 0.859. The number of rotatable bonds is 6. The lowest BCUT2D eigenvalue weighted by Crippen LogP contribution is -2.40. The normalized spacial score (nSPS) is 19.2. The first-order valence-corrected chi connectivity index (χ1v) is 9.40. The lowest BCUT2D eigenvalue weighted by Gasteiger charge is -2.33. The summed E-state index contributed by atoms with van der Waals surface area (Å²) in [4.78, 5) is 0. The highest BCUT2D eigenvalue weighted by Crippen LogP contribution is 2.32. The van der Waals surface area contributed by atoms with E-state index >= 15 is 0 Å². The second kappa shape index (κ2) is 7.73. The number of aliphatic hydroxyl groups excluding tert-OH is 1. The molecule has 1 aliphatic heterocycles. The van der Waals surface area contributed by atoms with Gasteiger partial charge in [-0.15, -0.1) is 0 Å². The largest absolute Gasteiger partial charge is 0.388 e. The molecule has 1 atom stereocenters. The Morgan fingerprint density at radius 3 is 2.41 bits per heavy atom. The third-order valence-electron chi connectivity index (χ3n) is 4.09. The lowest BCUT2D eigenvalue weighted by molar-refractivity contribution is 0.0760. The smallest absolute Gasteiger partial charge is 0.214 e. The summed E-state index contributed by atoms with van der Waals surface area (Å²) < 4.78 is 37.6. The SMILES string of the molecule is O=S(=O)(CCCF)N1CCC(C(O)c2ccc(Cl)cc2)CC1. The molecule has 0 amide bonds. The second-order valence-corrected chi connectivity index (χ2v) is 8.12. The van der Waals surface area contributed by atoms with Crippen molar-refractivity contribution in [2.24, 2.45) is 5.92 Å². The van der Waals surface area contributed by atoms with Crippen LogP contribution in [0.25, 0.3) is 0 Å². The van der Waals surface area contributed by atoms with Crippen molar-refractivity contribution >= 4 is 21.6 Å². The molecule has 22 heavy (non-hydrogen) atoms. The summed E-state index contributed by atoms with van der Waals surface area (Å²) in [6.45, 7) is 0.138. The number of sulfonamides is 1. The predicted octanol–water partition coefficient (Wildman–Crippen LogP) is 2.77. The minimum atomic E-state index is -3.37. The molecule has 1 saturated heterocycles.